The summed E-state index contributed by atoms with van der Waals surface area (Å²) in [4.78, 5) is 20.0. The summed E-state index contributed by atoms with van der Waals surface area (Å²) in [5, 5.41) is 2.86. The topological polar surface area (TPSA) is 118 Å². The number of aromatic nitrogens is 1. The Balaban J connectivity index is 1.95. The van der Waals surface area contributed by atoms with Crippen LogP contribution in [0.15, 0.2) is 42.5 Å². The first-order valence-corrected chi connectivity index (χ1v) is 14.2. The molecule has 0 aliphatic heterocycles. The number of methoxy groups -OCH3 is 1. The summed E-state index contributed by atoms with van der Waals surface area (Å²) in [6.45, 7) is 2.31. The highest BCUT2D eigenvalue weighted by molar-refractivity contribution is 7.92. The minimum absolute atomic E-state index is 0.0412. The van der Waals surface area contributed by atoms with Crippen molar-refractivity contribution < 1.29 is 22.3 Å². The molecular formula is C26H38FN5O4S. The van der Waals surface area contributed by atoms with Crippen LogP contribution >= 0.6 is 0 Å². The van der Waals surface area contributed by atoms with E-state index in [4.69, 9.17) is 10.5 Å². The zero-order chi connectivity index (χ0) is 27.2. The van der Waals surface area contributed by atoms with Crippen molar-refractivity contribution in [3.05, 3.63) is 53.6 Å². The van der Waals surface area contributed by atoms with Crippen LogP contribution in [0.1, 0.15) is 29.3 Å². The third-order valence-corrected chi connectivity index (χ3v) is 7.87. The highest BCUT2D eigenvalue weighted by atomic mass is 32.2. The van der Waals surface area contributed by atoms with Crippen molar-refractivity contribution >= 4 is 27.6 Å². The van der Waals surface area contributed by atoms with Gasteiger partial charge in [-0.25, -0.2) is 17.8 Å². The van der Waals surface area contributed by atoms with Crippen LogP contribution in [-0.2, 0) is 21.2 Å². The lowest BCUT2D eigenvalue weighted by atomic mass is 10.00. The molecule has 3 rings (SSSR count). The summed E-state index contributed by atoms with van der Waals surface area (Å²) < 4.78 is 45.0. The number of hydrogen-bond acceptors (Lipinski definition) is 7. The number of hydrogen-bond donors (Lipinski definition) is 2. The fourth-order valence-electron chi connectivity index (χ4n) is 4.22. The van der Waals surface area contributed by atoms with Gasteiger partial charge in [0.15, 0.2) is 0 Å². The Kier molecular flexibility index (Phi) is 9.86. The van der Waals surface area contributed by atoms with Gasteiger partial charge in [-0.05, 0) is 42.4 Å². The van der Waals surface area contributed by atoms with Gasteiger partial charge in [0.05, 0.1) is 31.5 Å². The lowest BCUT2D eigenvalue weighted by Gasteiger charge is -2.26. The maximum atomic E-state index is 13.6. The molecule has 0 radical (unpaired) electrons. The third kappa shape index (κ3) is 8.11. The molecule has 1 amide bonds. The minimum Gasteiger partial charge on any atom is -0.383 e. The van der Waals surface area contributed by atoms with Gasteiger partial charge >= 0.3 is 0 Å². The van der Waals surface area contributed by atoms with Crippen molar-refractivity contribution in [3.8, 4) is 0 Å². The number of anilines is 2. The number of ether oxygens (including phenoxy) is 1. The van der Waals surface area contributed by atoms with E-state index in [1.54, 1.807) is 6.07 Å². The molecule has 0 saturated heterocycles. The molecule has 1 aliphatic carbocycles. The Morgan fingerprint density at radius 1 is 1.27 bits per heavy atom. The molecule has 11 heteroatoms. The molecule has 204 valence electrons. The zero-order valence-corrected chi connectivity index (χ0v) is 22.7. The second-order valence-electron chi connectivity index (χ2n) is 9.84. The Morgan fingerprint density at radius 2 is 1.92 bits per heavy atom. The van der Waals surface area contributed by atoms with Crippen molar-refractivity contribution in [2.45, 2.75) is 31.8 Å². The molecule has 0 spiro atoms. The van der Waals surface area contributed by atoms with E-state index >= 15 is 0 Å². The van der Waals surface area contributed by atoms with Gasteiger partial charge in [-0.15, -0.1) is 0 Å². The van der Waals surface area contributed by atoms with E-state index in [0.717, 1.165) is 29.1 Å². The molecule has 3 unspecified atom stereocenters. The van der Waals surface area contributed by atoms with E-state index in [1.807, 2.05) is 42.3 Å². The molecule has 3 N–H and O–H groups in total. The van der Waals surface area contributed by atoms with Crippen LogP contribution in [0.25, 0.3) is 0 Å². The van der Waals surface area contributed by atoms with E-state index in [0.29, 0.717) is 24.1 Å². The third-order valence-electron chi connectivity index (χ3n) is 6.70. The summed E-state index contributed by atoms with van der Waals surface area (Å²) in [6, 6.07) is 10.9. The van der Waals surface area contributed by atoms with Crippen molar-refractivity contribution in [1.29, 1.82) is 0 Å². The maximum Gasteiger partial charge on any atom is 0.251 e. The minimum atomic E-state index is -3.70. The number of carbonyl (C=O) groups excluding carboxylic acids is 1. The standard InChI is InChI=1S/C26H38FN5O4S/c1-18-12-21(18)17-31(2)24-14-20(15-25(30-24)32(10-11-36-3)37(4,34)35)26(33)29-23(22(28)16-27)13-19-8-6-5-7-9-19/h5-9,14-15,18,21-23H,10-13,16-17,28H2,1-4H3,(H,29,33)/t18?,21?,22?,23-/m0/s1. The Labute approximate surface area is 219 Å². The van der Waals surface area contributed by atoms with Crippen LogP contribution in [0.2, 0.25) is 0 Å². The fourth-order valence-corrected chi connectivity index (χ4v) is 5.06. The number of rotatable bonds is 14. The smallest absolute Gasteiger partial charge is 0.251 e. The number of alkyl halides is 1. The Morgan fingerprint density at radius 3 is 2.49 bits per heavy atom. The first kappa shape index (κ1) is 28.8. The van der Waals surface area contributed by atoms with Crippen LogP contribution in [0, 0.1) is 11.8 Å². The molecule has 4 atom stereocenters. The van der Waals surface area contributed by atoms with Crippen LogP contribution in [-0.4, -0.2) is 78.2 Å². The number of sulfonamides is 1. The highest BCUT2D eigenvalue weighted by Gasteiger charge is 2.34. The maximum absolute atomic E-state index is 13.6. The molecule has 9 nitrogen and oxygen atoms in total. The van der Waals surface area contributed by atoms with Crippen molar-refractivity contribution in [1.82, 2.24) is 10.3 Å². The van der Waals surface area contributed by atoms with Gasteiger partial charge in [0.1, 0.15) is 18.3 Å². The van der Waals surface area contributed by atoms with Crippen molar-refractivity contribution in [2.75, 3.05) is 56.0 Å². The van der Waals surface area contributed by atoms with E-state index < -0.39 is 34.7 Å². The average molecular weight is 536 g/mol. The Bertz CT molecular complexity index is 1150. The van der Waals surface area contributed by atoms with E-state index in [1.165, 1.54) is 13.2 Å². The van der Waals surface area contributed by atoms with Gasteiger partial charge in [-0.2, -0.15) is 0 Å². The lowest BCUT2D eigenvalue weighted by Crippen LogP contribution is -2.50. The van der Waals surface area contributed by atoms with Gasteiger partial charge in [-0.1, -0.05) is 37.3 Å². The molecule has 1 fully saturated rings. The number of carbonyl (C=O) groups is 1. The largest absolute Gasteiger partial charge is 0.383 e. The summed E-state index contributed by atoms with van der Waals surface area (Å²) >= 11 is 0. The SMILES string of the molecule is COCCN(c1cc(C(=O)N[C@@H](Cc2ccccc2)C(N)CF)cc(N(C)CC2CC2C)n1)S(C)(=O)=O. The average Bonchev–Trinajstić information content (AvgIpc) is 3.56. The van der Waals surface area contributed by atoms with Gasteiger partial charge in [0.2, 0.25) is 10.0 Å². The summed E-state index contributed by atoms with van der Waals surface area (Å²) in [5.74, 6) is 1.24. The molecule has 37 heavy (non-hydrogen) atoms. The van der Waals surface area contributed by atoms with E-state index in [-0.39, 0.29) is 24.5 Å². The van der Waals surface area contributed by atoms with E-state index in [2.05, 4.69) is 17.2 Å². The number of halogens is 1. The first-order chi connectivity index (χ1) is 17.5. The number of nitrogens with zero attached hydrogens (tertiary/aromatic N) is 3. The first-order valence-electron chi connectivity index (χ1n) is 12.4. The normalized spacial score (nSPS) is 18.6. The van der Waals surface area contributed by atoms with Crippen LogP contribution in [0.3, 0.4) is 0 Å². The summed E-state index contributed by atoms with van der Waals surface area (Å²) in [5.41, 5.74) is 7.15. The van der Waals surface area contributed by atoms with Crippen LogP contribution < -0.4 is 20.3 Å². The van der Waals surface area contributed by atoms with Crippen molar-refractivity contribution in [3.63, 3.8) is 0 Å². The van der Waals surface area contributed by atoms with Gasteiger partial charge in [0.25, 0.3) is 5.91 Å². The van der Waals surface area contributed by atoms with Crippen LogP contribution in [0.4, 0.5) is 16.0 Å². The van der Waals surface area contributed by atoms with E-state index in [9.17, 15) is 17.6 Å². The zero-order valence-electron chi connectivity index (χ0n) is 21.9. The van der Waals surface area contributed by atoms with Gasteiger partial charge in [0, 0.05) is 26.3 Å². The molecule has 2 aromatic rings. The molecule has 1 aromatic heterocycles. The number of pyridine rings is 1. The number of nitrogens with two attached hydrogens (primary N) is 1. The molecule has 0 bridgehead atoms. The van der Waals surface area contributed by atoms with Crippen LogP contribution in [0.5, 0.6) is 0 Å². The molecule has 1 saturated carbocycles. The summed E-state index contributed by atoms with van der Waals surface area (Å²) in [6.07, 6.45) is 2.55. The lowest BCUT2D eigenvalue weighted by molar-refractivity contribution is 0.0928. The number of nitrogens with one attached hydrogen (secondary N) is 1. The molecule has 1 heterocycles. The second-order valence-corrected chi connectivity index (χ2v) is 11.7. The summed E-state index contributed by atoms with van der Waals surface area (Å²) in [7, 11) is -0.353. The highest BCUT2D eigenvalue weighted by Crippen LogP contribution is 2.38. The quantitative estimate of drug-likeness (QED) is 0.381. The monoisotopic (exact) mass is 535 g/mol. The predicted molar refractivity (Wildman–Crippen MR) is 144 cm³/mol. The second kappa shape index (κ2) is 12.7. The molecule has 1 aliphatic rings. The number of amides is 1. The fraction of sp³-hybridized carbons (Fsp3) is 0.538. The Hall–Kier alpha value is -2.76. The predicted octanol–water partition coefficient (Wildman–Crippen LogP) is 2.22. The molecular weight excluding hydrogens is 497 g/mol. The number of benzene rings is 1. The van der Waals surface area contributed by atoms with Gasteiger partial charge < -0.3 is 20.7 Å². The molecule has 1 aromatic carbocycles. The van der Waals surface area contributed by atoms with Gasteiger partial charge in [-0.3, -0.25) is 9.10 Å². The van der Waals surface area contributed by atoms with Crippen molar-refractivity contribution in [2.24, 2.45) is 17.6 Å².